The number of ketones is 1. The van der Waals surface area contributed by atoms with Crippen LogP contribution in [0, 0.1) is 11.8 Å². The molecular weight excluding hydrogens is 320 g/mol. The lowest BCUT2D eigenvalue weighted by molar-refractivity contribution is -0.137. The van der Waals surface area contributed by atoms with E-state index in [-0.39, 0.29) is 30.5 Å². The zero-order valence-electron chi connectivity index (χ0n) is 15.1. The summed E-state index contributed by atoms with van der Waals surface area (Å²) in [5, 5.41) is 28.7. The number of unbranched alkanes of at least 4 members (excludes halogenated alkanes) is 3. The number of hydrogen-bond acceptors (Lipinski definition) is 4. The molecule has 0 spiro atoms. The quantitative estimate of drug-likeness (QED) is 0.370. The average molecular weight is 352 g/mol. The second-order valence-corrected chi connectivity index (χ2v) is 6.87. The first-order chi connectivity index (χ1) is 12.0. The van der Waals surface area contributed by atoms with E-state index in [1.54, 1.807) is 12.2 Å². The topological polar surface area (TPSA) is 94.8 Å². The van der Waals surface area contributed by atoms with Crippen molar-refractivity contribution in [3.05, 3.63) is 24.3 Å². The Balaban J connectivity index is 2.48. The van der Waals surface area contributed by atoms with Crippen molar-refractivity contribution in [2.75, 3.05) is 0 Å². The fraction of sp³-hybridized carbons (Fsp3) is 0.700. The Morgan fingerprint density at radius 3 is 2.72 bits per heavy atom. The number of carbonyl (C=O) groups excluding carboxylic acids is 1. The van der Waals surface area contributed by atoms with Crippen LogP contribution in [0.15, 0.2) is 24.3 Å². The molecule has 0 aromatic heterocycles. The van der Waals surface area contributed by atoms with Crippen molar-refractivity contribution in [3.63, 3.8) is 0 Å². The van der Waals surface area contributed by atoms with Crippen LogP contribution in [-0.4, -0.2) is 39.3 Å². The van der Waals surface area contributed by atoms with E-state index >= 15 is 0 Å². The van der Waals surface area contributed by atoms with E-state index in [0.29, 0.717) is 25.7 Å². The van der Waals surface area contributed by atoms with Gasteiger partial charge < -0.3 is 15.3 Å². The SMILES string of the molecule is CCCCC[C@@H](O)/C=C/[C@@H]1C(=O)C[C@@H](O)[C@H]1C/C=C\CCCC(=O)O. The Morgan fingerprint density at radius 1 is 1.28 bits per heavy atom. The van der Waals surface area contributed by atoms with Crippen molar-refractivity contribution in [1.29, 1.82) is 0 Å². The maximum atomic E-state index is 12.1. The first kappa shape index (κ1) is 21.6. The molecule has 1 rings (SSSR count). The summed E-state index contributed by atoms with van der Waals surface area (Å²) in [4.78, 5) is 22.5. The Hall–Kier alpha value is -1.46. The predicted octanol–water partition coefficient (Wildman–Crippen LogP) is 3.25. The molecule has 1 aliphatic carbocycles. The van der Waals surface area contributed by atoms with E-state index in [2.05, 4.69) is 6.92 Å². The van der Waals surface area contributed by atoms with Crippen LogP contribution >= 0.6 is 0 Å². The van der Waals surface area contributed by atoms with Crippen molar-refractivity contribution >= 4 is 11.8 Å². The van der Waals surface area contributed by atoms with E-state index in [0.717, 1.165) is 19.3 Å². The molecule has 0 unspecified atom stereocenters. The van der Waals surface area contributed by atoms with Crippen molar-refractivity contribution in [2.45, 2.75) is 76.9 Å². The van der Waals surface area contributed by atoms with Gasteiger partial charge in [-0.2, -0.15) is 0 Å². The fourth-order valence-electron chi connectivity index (χ4n) is 3.22. The van der Waals surface area contributed by atoms with Crippen LogP contribution in [0.1, 0.15) is 64.7 Å². The van der Waals surface area contributed by atoms with Crippen molar-refractivity contribution in [3.8, 4) is 0 Å². The number of hydrogen-bond donors (Lipinski definition) is 3. The molecule has 0 heterocycles. The summed E-state index contributed by atoms with van der Waals surface area (Å²) in [6, 6.07) is 0. The zero-order chi connectivity index (χ0) is 18.7. The minimum absolute atomic E-state index is 0.0220. The van der Waals surface area contributed by atoms with E-state index in [1.165, 1.54) is 0 Å². The van der Waals surface area contributed by atoms with Gasteiger partial charge in [-0.05, 0) is 25.7 Å². The Bertz CT molecular complexity index is 469. The van der Waals surface area contributed by atoms with Gasteiger partial charge in [0.15, 0.2) is 0 Å². The molecule has 25 heavy (non-hydrogen) atoms. The summed E-state index contributed by atoms with van der Waals surface area (Å²) in [5.74, 6) is -1.29. The second-order valence-electron chi connectivity index (χ2n) is 6.87. The lowest BCUT2D eigenvalue weighted by Gasteiger charge is -2.17. The standard InChI is InChI=1S/C20H32O5/c1-2-3-6-9-15(21)12-13-17-16(18(22)14-19(17)23)10-7-4-5-8-11-20(24)25/h4,7,12-13,15-18,21-22H,2-3,5-6,8-11,14H2,1H3,(H,24,25)/b7-4-,13-12+/t15-,16+,17+,18-/m1/s1. The van der Waals surface area contributed by atoms with E-state index < -0.39 is 18.2 Å². The third-order valence-electron chi connectivity index (χ3n) is 4.72. The van der Waals surface area contributed by atoms with E-state index in [9.17, 15) is 19.8 Å². The minimum Gasteiger partial charge on any atom is -0.481 e. The summed E-state index contributed by atoms with van der Waals surface area (Å²) in [6.07, 6.45) is 12.1. The van der Waals surface area contributed by atoms with Crippen LogP contribution in [0.4, 0.5) is 0 Å². The second kappa shape index (κ2) is 12.0. The number of aliphatic hydroxyl groups excluding tert-OH is 2. The summed E-state index contributed by atoms with van der Waals surface area (Å²) in [6.45, 7) is 2.11. The largest absolute Gasteiger partial charge is 0.481 e. The third kappa shape index (κ3) is 8.45. The first-order valence-corrected chi connectivity index (χ1v) is 9.39. The Labute approximate surface area is 150 Å². The smallest absolute Gasteiger partial charge is 0.303 e. The molecule has 0 radical (unpaired) electrons. The van der Waals surface area contributed by atoms with Crippen LogP contribution in [0.25, 0.3) is 0 Å². The van der Waals surface area contributed by atoms with Gasteiger partial charge >= 0.3 is 5.97 Å². The highest BCUT2D eigenvalue weighted by Gasteiger charge is 2.39. The number of rotatable bonds is 12. The summed E-state index contributed by atoms with van der Waals surface area (Å²) in [5.41, 5.74) is 0. The highest BCUT2D eigenvalue weighted by Crippen LogP contribution is 2.33. The predicted molar refractivity (Wildman–Crippen MR) is 97.1 cm³/mol. The zero-order valence-corrected chi connectivity index (χ0v) is 15.1. The van der Waals surface area contributed by atoms with Gasteiger partial charge in [0.1, 0.15) is 5.78 Å². The molecule has 3 N–H and O–H groups in total. The highest BCUT2D eigenvalue weighted by molar-refractivity contribution is 5.86. The number of allylic oxidation sites excluding steroid dienone is 3. The van der Waals surface area contributed by atoms with E-state index in [4.69, 9.17) is 5.11 Å². The van der Waals surface area contributed by atoms with Crippen LogP contribution in [-0.2, 0) is 9.59 Å². The first-order valence-electron chi connectivity index (χ1n) is 9.39. The molecule has 0 amide bonds. The monoisotopic (exact) mass is 352 g/mol. The maximum Gasteiger partial charge on any atom is 0.303 e. The van der Waals surface area contributed by atoms with Crippen molar-refractivity contribution in [2.24, 2.45) is 11.8 Å². The van der Waals surface area contributed by atoms with Gasteiger partial charge in [-0.25, -0.2) is 0 Å². The van der Waals surface area contributed by atoms with Gasteiger partial charge in [-0.15, -0.1) is 0 Å². The lowest BCUT2D eigenvalue weighted by Crippen LogP contribution is -2.19. The summed E-state index contributed by atoms with van der Waals surface area (Å²) >= 11 is 0. The molecule has 0 saturated heterocycles. The highest BCUT2D eigenvalue weighted by atomic mass is 16.4. The van der Waals surface area contributed by atoms with Crippen LogP contribution < -0.4 is 0 Å². The normalized spacial score (nSPS) is 25.2. The number of carboxylic acids is 1. The Morgan fingerprint density at radius 2 is 2.04 bits per heavy atom. The molecular formula is C20H32O5. The van der Waals surface area contributed by atoms with Crippen LogP contribution in [0.3, 0.4) is 0 Å². The molecule has 1 fully saturated rings. The molecule has 0 aromatic rings. The number of carbonyl (C=O) groups is 2. The number of Topliss-reactive ketones (excluding diaryl/α,β-unsaturated/α-hetero) is 1. The fourth-order valence-corrected chi connectivity index (χ4v) is 3.22. The number of aliphatic carboxylic acids is 1. The maximum absolute atomic E-state index is 12.1. The third-order valence-corrected chi connectivity index (χ3v) is 4.72. The van der Waals surface area contributed by atoms with Crippen LogP contribution in [0.2, 0.25) is 0 Å². The molecule has 5 nitrogen and oxygen atoms in total. The number of aliphatic hydroxyl groups is 2. The lowest BCUT2D eigenvalue weighted by atomic mass is 9.90. The Kier molecular flexibility index (Phi) is 10.3. The number of carboxylic acid groups (broad SMARTS) is 1. The van der Waals surface area contributed by atoms with E-state index in [1.807, 2.05) is 12.2 Å². The molecule has 0 aliphatic heterocycles. The molecule has 142 valence electrons. The van der Waals surface area contributed by atoms with Crippen LogP contribution in [0.5, 0.6) is 0 Å². The molecule has 1 saturated carbocycles. The molecule has 5 heteroatoms. The van der Waals surface area contributed by atoms with Gasteiger partial charge in [0.2, 0.25) is 0 Å². The van der Waals surface area contributed by atoms with Crippen molar-refractivity contribution in [1.82, 2.24) is 0 Å². The van der Waals surface area contributed by atoms with Crippen molar-refractivity contribution < 1.29 is 24.9 Å². The van der Waals surface area contributed by atoms with Gasteiger partial charge in [0.05, 0.1) is 12.2 Å². The molecule has 4 atom stereocenters. The van der Waals surface area contributed by atoms with Gasteiger partial charge in [0.25, 0.3) is 0 Å². The molecule has 0 aromatic carbocycles. The van der Waals surface area contributed by atoms with Gasteiger partial charge in [-0.3, -0.25) is 9.59 Å². The summed E-state index contributed by atoms with van der Waals surface area (Å²) < 4.78 is 0. The summed E-state index contributed by atoms with van der Waals surface area (Å²) in [7, 11) is 0. The molecule has 0 bridgehead atoms. The van der Waals surface area contributed by atoms with Gasteiger partial charge in [-0.1, -0.05) is 50.5 Å². The molecule has 1 aliphatic rings. The van der Waals surface area contributed by atoms with Gasteiger partial charge in [0, 0.05) is 24.7 Å². The average Bonchev–Trinajstić information content (AvgIpc) is 2.82. The minimum atomic E-state index is -0.798.